The number of carbonyl (C=O) groups excluding carboxylic acids is 1. The van der Waals surface area contributed by atoms with Crippen molar-refractivity contribution in [2.24, 2.45) is 0 Å². The summed E-state index contributed by atoms with van der Waals surface area (Å²) in [4.78, 5) is 23.0. The smallest absolute Gasteiger partial charge is 0.354 e. The molecular weight excluding hydrogens is 246 g/mol. The van der Waals surface area contributed by atoms with Gasteiger partial charge in [-0.1, -0.05) is 18.2 Å². The first-order chi connectivity index (χ1) is 9.09. The number of carboxylic acids is 1. The van der Waals surface area contributed by atoms with Crippen LogP contribution in [0, 0.1) is 0 Å². The third kappa shape index (κ3) is 2.79. The van der Waals surface area contributed by atoms with Gasteiger partial charge >= 0.3 is 5.97 Å². The molecule has 1 amide bonds. The summed E-state index contributed by atoms with van der Waals surface area (Å²) in [6, 6.07) is 9.61. The van der Waals surface area contributed by atoms with Crippen molar-refractivity contribution in [1.29, 1.82) is 0 Å². The second kappa shape index (κ2) is 5.34. The summed E-state index contributed by atoms with van der Waals surface area (Å²) in [7, 11) is 0. The minimum absolute atomic E-state index is 0.0179. The number of carbonyl (C=O) groups is 2. The number of rotatable bonds is 4. The maximum absolute atomic E-state index is 12.0. The van der Waals surface area contributed by atoms with Crippen LogP contribution in [0.15, 0.2) is 42.6 Å². The second-order valence-corrected chi connectivity index (χ2v) is 4.00. The first-order valence-corrected chi connectivity index (χ1v) is 5.72. The molecular formula is C13H13N3O3. The molecule has 2 aromatic rings. The number of para-hydroxylation sites is 1. The third-order valence-corrected chi connectivity index (χ3v) is 2.68. The maximum atomic E-state index is 12.0. The van der Waals surface area contributed by atoms with Gasteiger partial charge in [0.15, 0.2) is 0 Å². The highest BCUT2D eigenvalue weighted by Crippen LogP contribution is 2.13. The molecule has 1 unspecified atom stereocenters. The first kappa shape index (κ1) is 12.8. The number of amides is 1. The molecule has 1 atom stereocenters. The van der Waals surface area contributed by atoms with Crippen molar-refractivity contribution >= 4 is 17.6 Å². The lowest BCUT2D eigenvalue weighted by atomic mass is 10.2. The summed E-state index contributed by atoms with van der Waals surface area (Å²) in [5.74, 6) is -1.44. The minimum Gasteiger partial charge on any atom is -0.477 e. The molecule has 0 aliphatic heterocycles. The Hall–Kier alpha value is -2.63. The molecule has 0 aliphatic carbocycles. The van der Waals surface area contributed by atoms with Gasteiger partial charge in [0.05, 0.1) is 0 Å². The van der Waals surface area contributed by atoms with Crippen LogP contribution < -0.4 is 5.32 Å². The summed E-state index contributed by atoms with van der Waals surface area (Å²) >= 11 is 0. The van der Waals surface area contributed by atoms with Crippen LogP contribution in [0.4, 0.5) is 5.69 Å². The second-order valence-electron chi connectivity index (χ2n) is 4.00. The zero-order valence-electron chi connectivity index (χ0n) is 10.3. The highest BCUT2D eigenvalue weighted by atomic mass is 16.4. The van der Waals surface area contributed by atoms with Gasteiger partial charge < -0.3 is 10.4 Å². The topological polar surface area (TPSA) is 84.2 Å². The number of carboxylic acid groups (broad SMARTS) is 1. The van der Waals surface area contributed by atoms with E-state index in [0.29, 0.717) is 5.69 Å². The highest BCUT2D eigenvalue weighted by molar-refractivity contribution is 5.94. The Morgan fingerprint density at radius 3 is 2.58 bits per heavy atom. The lowest BCUT2D eigenvalue weighted by Gasteiger charge is -2.14. The van der Waals surface area contributed by atoms with E-state index in [0.717, 1.165) is 0 Å². The molecule has 1 aromatic carbocycles. The van der Waals surface area contributed by atoms with E-state index in [4.69, 9.17) is 5.11 Å². The Morgan fingerprint density at radius 2 is 1.95 bits per heavy atom. The van der Waals surface area contributed by atoms with Crippen LogP contribution in [0.5, 0.6) is 0 Å². The Balaban J connectivity index is 2.15. The van der Waals surface area contributed by atoms with Gasteiger partial charge in [-0.2, -0.15) is 5.10 Å². The highest BCUT2D eigenvalue weighted by Gasteiger charge is 2.21. The van der Waals surface area contributed by atoms with Crippen LogP contribution in [0.1, 0.15) is 23.5 Å². The number of aromatic carboxylic acids is 1. The fraction of sp³-hybridized carbons (Fsp3) is 0.154. The van der Waals surface area contributed by atoms with Crippen molar-refractivity contribution < 1.29 is 14.7 Å². The number of hydrogen-bond acceptors (Lipinski definition) is 3. The number of benzene rings is 1. The largest absolute Gasteiger partial charge is 0.477 e. The summed E-state index contributed by atoms with van der Waals surface area (Å²) in [6.07, 6.45) is 1.36. The summed E-state index contributed by atoms with van der Waals surface area (Å²) < 4.78 is 1.18. The molecule has 0 radical (unpaired) electrons. The van der Waals surface area contributed by atoms with E-state index < -0.39 is 12.0 Å². The quantitative estimate of drug-likeness (QED) is 0.876. The fourth-order valence-corrected chi connectivity index (χ4v) is 1.67. The molecule has 6 nitrogen and oxygen atoms in total. The standard InChI is InChI=1S/C13H13N3O3/c1-9(16-11(13(18)19)7-8-14-16)12(17)15-10-5-3-2-4-6-10/h2-9H,1H3,(H,15,17)(H,18,19). The third-order valence-electron chi connectivity index (χ3n) is 2.68. The van der Waals surface area contributed by atoms with Gasteiger partial charge in [-0.3, -0.25) is 4.79 Å². The van der Waals surface area contributed by atoms with Crippen molar-refractivity contribution in [1.82, 2.24) is 9.78 Å². The van der Waals surface area contributed by atoms with E-state index in [2.05, 4.69) is 10.4 Å². The zero-order valence-corrected chi connectivity index (χ0v) is 10.3. The van der Waals surface area contributed by atoms with Crippen LogP contribution in [-0.2, 0) is 4.79 Å². The predicted octanol–water partition coefficient (Wildman–Crippen LogP) is 1.78. The molecule has 2 rings (SSSR count). The Bertz CT molecular complexity index is 592. The Labute approximate surface area is 109 Å². The van der Waals surface area contributed by atoms with E-state index in [-0.39, 0.29) is 11.6 Å². The molecule has 0 spiro atoms. The number of anilines is 1. The van der Waals surface area contributed by atoms with Gasteiger partial charge in [0.2, 0.25) is 5.91 Å². The van der Waals surface area contributed by atoms with Crippen LogP contribution in [0.25, 0.3) is 0 Å². The average Bonchev–Trinajstić information content (AvgIpc) is 2.88. The number of nitrogens with one attached hydrogen (secondary N) is 1. The molecule has 0 aliphatic rings. The monoisotopic (exact) mass is 259 g/mol. The summed E-state index contributed by atoms with van der Waals surface area (Å²) in [5, 5.41) is 15.6. The molecule has 0 saturated carbocycles. The molecule has 2 N–H and O–H groups in total. The maximum Gasteiger partial charge on any atom is 0.354 e. The molecule has 6 heteroatoms. The van der Waals surface area contributed by atoms with Crippen molar-refractivity contribution in [3.05, 3.63) is 48.3 Å². The predicted molar refractivity (Wildman–Crippen MR) is 69.0 cm³/mol. The summed E-state index contributed by atoms with van der Waals surface area (Å²) in [6.45, 7) is 1.59. The van der Waals surface area contributed by atoms with Gasteiger partial charge in [-0.15, -0.1) is 0 Å². The van der Waals surface area contributed by atoms with Crippen molar-refractivity contribution in [3.63, 3.8) is 0 Å². The number of nitrogens with zero attached hydrogens (tertiary/aromatic N) is 2. The molecule has 1 heterocycles. The number of aromatic nitrogens is 2. The zero-order chi connectivity index (χ0) is 13.8. The van der Waals surface area contributed by atoms with E-state index in [1.807, 2.05) is 6.07 Å². The SMILES string of the molecule is CC(C(=O)Nc1ccccc1)n1nccc1C(=O)O. The van der Waals surface area contributed by atoms with Crippen molar-refractivity contribution in [2.75, 3.05) is 5.32 Å². The van der Waals surface area contributed by atoms with Crippen LogP contribution in [0.2, 0.25) is 0 Å². The lowest BCUT2D eigenvalue weighted by molar-refractivity contribution is -0.119. The van der Waals surface area contributed by atoms with Gasteiger partial charge in [-0.25, -0.2) is 9.48 Å². The normalized spacial score (nSPS) is 11.8. The Morgan fingerprint density at radius 1 is 1.26 bits per heavy atom. The van der Waals surface area contributed by atoms with Crippen LogP contribution in [0.3, 0.4) is 0 Å². The van der Waals surface area contributed by atoms with E-state index >= 15 is 0 Å². The molecule has 0 fully saturated rings. The van der Waals surface area contributed by atoms with Gasteiger partial charge in [0.25, 0.3) is 0 Å². The Kier molecular flexibility index (Phi) is 3.61. The molecule has 0 saturated heterocycles. The average molecular weight is 259 g/mol. The van der Waals surface area contributed by atoms with Crippen molar-refractivity contribution in [2.45, 2.75) is 13.0 Å². The molecule has 1 aromatic heterocycles. The van der Waals surface area contributed by atoms with E-state index in [9.17, 15) is 9.59 Å². The molecule has 19 heavy (non-hydrogen) atoms. The van der Waals surface area contributed by atoms with E-state index in [1.165, 1.54) is 16.9 Å². The van der Waals surface area contributed by atoms with E-state index in [1.54, 1.807) is 31.2 Å². The van der Waals surface area contributed by atoms with Crippen LogP contribution >= 0.6 is 0 Å². The molecule has 0 bridgehead atoms. The van der Waals surface area contributed by atoms with Gasteiger partial charge in [0.1, 0.15) is 11.7 Å². The minimum atomic E-state index is -1.11. The van der Waals surface area contributed by atoms with Crippen molar-refractivity contribution in [3.8, 4) is 0 Å². The molecule has 98 valence electrons. The van der Waals surface area contributed by atoms with Gasteiger partial charge in [0, 0.05) is 11.9 Å². The van der Waals surface area contributed by atoms with Crippen LogP contribution in [-0.4, -0.2) is 26.8 Å². The first-order valence-electron chi connectivity index (χ1n) is 5.72. The summed E-state index contributed by atoms with van der Waals surface area (Å²) in [5.41, 5.74) is 0.638. The number of hydrogen-bond donors (Lipinski definition) is 2. The fourth-order valence-electron chi connectivity index (χ4n) is 1.67. The van der Waals surface area contributed by atoms with Gasteiger partial charge in [-0.05, 0) is 25.1 Å². The lowest BCUT2D eigenvalue weighted by Crippen LogP contribution is -2.26.